The number of nitrogens with zero attached hydrogens (tertiary/aromatic N) is 1. The van der Waals surface area contributed by atoms with Crippen LogP contribution in [0.3, 0.4) is 0 Å². The van der Waals surface area contributed by atoms with E-state index in [-0.39, 0.29) is 0 Å². The van der Waals surface area contributed by atoms with E-state index in [4.69, 9.17) is 9.47 Å². The maximum atomic E-state index is 11.5. The molecule has 0 aliphatic rings. The van der Waals surface area contributed by atoms with E-state index in [1.165, 1.54) is 0 Å². The minimum Gasteiger partial charge on any atom is -0.489 e. The van der Waals surface area contributed by atoms with Gasteiger partial charge in [0.05, 0.1) is 12.1 Å². The van der Waals surface area contributed by atoms with E-state index in [2.05, 4.69) is 10.3 Å². The summed E-state index contributed by atoms with van der Waals surface area (Å²) in [5.41, 5.74) is 2.57. The fraction of sp³-hybridized carbons (Fsp3) is 0.158. The molecule has 1 amide bonds. The molecule has 3 aromatic rings. The summed E-state index contributed by atoms with van der Waals surface area (Å²) in [6, 6.07) is 17.1. The van der Waals surface area contributed by atoms with E-state index in [1.54, 1.807) is 25.3 Å². The number of para-hydroxylation sites is 1. The number of amides is 1. The Morgan fingerprint density at radius 1 is 1.12 bits per heavy atom. The lowest BCUT2D eigenvalue weighted by Crippen LogP contribution is -2.13. The molecule has 0 spiro atoms. The minimum absolute atomic E-state index is 0.329. The first-order chi connectivity index (χ1) is 11.8. The molecule has 122 valence electrons. The van der Waals surface area contributed by atoms with Gasteiger partial charge in [-0.2, -0.15) is 0 Å². The number of pyridine rings is 1. The van der Waals surface area contributed by atoms with Gasteiger partial charge < -0.3 is 9.47 Å². The summed E-state index contributed by atoms with van der Waals surface area (Å²) in [6.07, 6.45) is 1.29. The first-order valence-corrected chi connectivity index (χ1v) is 7.75. The topological polar surface area (TPSA) is 60.5 Å². The largest absolute Gasteiger partial charge is 0.489 e. The Labute approximate surface area is 140 Å². The molecule has 24 heavy (non-hydrogen) atoms. The van der Waals surface area contributed by atoms with Gasteiger partial charge in [-0.05, 0) is 25.1 Å². The predicted octanol–water partition coefficient (Wildman–Crippen LogP) is 4.38. The Morgan fingerprint density at radius 3 is 2.83 bits per heavy atom. The zero-order valence-corrected chi connectivity index (χ0v) is 13.4. The summed E-state index contributed by atoms with van der Waals surface area (Å²) in [4.78, 5) is 15.9. The first-order valence-electron chi connectivity index (χ1n) is 7.75. The number of fused-ring (bicyclic) bond motifs is 1. The zero-order valence-electron chi connectivity index (χ0n) is 13.4. The third-order valence-corrected chi connectivity index (χ3v) is 3.47. The second kappa shape index (κ2) is 7.46. The number of carbonyl (C=O) groups excluding carboxylic acids is 1. The van der Waals surface area contributed by atoms with Gasteiger partial charge in [-0.1, -0.05) is 30.3 Å². The zero-order chi connectivity index (χ0) is 16.8. The molecule has 0 fully saturated rings. The van der Waals surface area contributed by atoms with Crippen molar-refractivity contribution in [1.29, 1.82) is 0 Å². The van der Waals surface area contributed by atoms with Crippen molar-refractivity contribution in [2.24, 2.45) is 0 Å². The van der Waals surface area contributed by atoms with Crippen LogP contribution in [0.2, 0.25) is 0 Å². The van der Waals surface area contributed by atoms with E-state index < -0.39 is 6.09 Å². The standard InChI is InChI=1S/C19H18N2O3/c1-2-23-19(22)21-16-9-4-10-17(12-16)24-13-15-7-3-6-14-8-5-11-20-18(14)15/h3-12H,2,13H2,1H3,(H,21,22). The molecule has 5 nitrogen and oxygen atoms in total. The SMILES string of the molecule is CCOC(=O)Nc1cccc(OCc2cccc3cccnc23)c1. The van der Waals surface area contributed by atoms with Crippen LogP contribution in [0.5, 0.6) is 5.75 Å². The Morgan fingerprint density at radius 2 is 1.96 bits per heavy atom. The summed E-state index contributed by atoms with van der Waals surface area (Å²) in [7, 11) is 0. The second-order valence-corrected chi connectivity index (χ2v) is 5.15. The summed E-state index contributed by atoms with van der Waals surface area (Å²) in [5.74, 6) is 0.664. The van der Waals surface area contributed by atoms with Crippen LogP contribution in [0.25, 0.3) is 10.9 Å². The molecule has 1 aromatic heterocycles. The smallest absolute Gasteiger partial charge is 0.411 e. The molecule has 0 saturated heterocycles. The van der Waals surface area contributed by atoms with Crippen molar-refractivity contribution in [1.82, 2.24) is 4.98 Å². The Kier molecular flexibility index (Phi) is 4.91. The number of ether oxygens (including phenoxy) is 2. The number of hydrogen-bond donors (Lipinski definition) is 1. The van der Waals surface area contributed by atoms with Gasteiger partial charge in [0.25, 0.3) is 0 Å². The van der Waals surface area contributed by atoms with Crippen LogP contribution in [-0.4, -0.2) is 17.7 Å². The Bertz CT molecular complexity index is 843. The molecular formula is C19H18N2O3. The van der Waals surface area contributed by atoms with Crippen LogP contribution in [-0.2, 0) is 11.3 Å². The molecular weight excluding hydrogens is 304 g/mol. The van der Waals surface area contributed by atoms with Crippen molar-refractivity contribution < 1.29 is 14.3 Å². The predicted molar refractivity (Wildman–Crippen MR) is 93.2 cm³/mol. The van der Waals surface area contributed by atoms with Crippen LogP contribution in [0.4, 0.5) is 10.5 Å². The van der Waals surface area contributed by atoms with Gasteiger partial charge in [-0.3, -0.25) is 10.3 Å². The first kappa shape index (κ1) is 15.8. The van der Waals surface area contributed by atoms with Crippen molar-refractivity contribution in [2.45, 2.75) is 13.5 Å². The molecule has 0 saturated carbocycles. The molecule has 0 aliphatic heterocycles. The molecule has 1 N–H and O–H groups in total. The molecule has 2 aromatic carbocycles. The summed E-state index contributed by atoms with van der Waals surface area (Å²) in [6.45, 7) is 2.49. The minimum atomic E-state index is -0.479. The number of anilines is 1. The average Bonchev–Trinajstić information content (AvgIpc) is 2.60. The monoisotopic (exact) mass is 322 g/mol. The van der Waals surface area contributed by atoms with Crippen molar-refractivity contribution >= 4 is 22.7 Å². The molecule has 0 atom stereocenters. The van der Waals surface area contributed by atoms with Crippen molar-refractivity contribution in [2.75, 3.05) is 11.9 Å². The summed E-state index contributed by atoms with van der Waals surface area (Å²) >= 11 is 0. The van der Waals surface area contributed by atoms with E-state index in [0.29, 0.717) is 24.7 Å². The highest BCUT2D eigenvalue weighted by atomic mass is 16.5. The van der Waals surface area contributed by atoms with Gasteiger partial charge in [0.2, 0.25) is 0 Å². The number of nitrogens with one attached hydrogen (secondary N) is 1. The van der Waals surface area contributed by atoms with Gasteiger partial charge in [-0.15, -0.1) is 0 Å². The highest BCUT2D eigenvalue weighted by molar-refractivity contribution is 5.84. The highest BCUT2D eigenvalue weighted by Crippen LogP contribution is 2.21. The van der Waals surface area contributed by atoms with E-state index >= 15 is 0 Å². The van der Waals surface area contributed by atoms with Gasteiger partial charge in [0.15, 0.2) is 0 Å². The Balaban J connectivity index is 1.71. The molecule has 5 heteroatoms. The lowest BCUT2D eigenvalue weighted by molar-refractivity contribution is 0.168. The molecule has 0 radical (unpaired) electrons. The normalized spacial score (nSPS) is 10.4. The molecule has 0 unspecified atom stereocenters. The van der Waals surface area contributed by atoms with Crippen LogP contribution >= 0.6 is 0 Å². The number of aromatic nitrogens is 1. The van der Waals surface area contributed by atoms with Gasteiger partial charge >= 0.3 is 6.09 Å². The van der Waals surface area contributed by atoms with Crippen LogP contribution in [0.15, 0.2) is 60.8 Å². The maximum Gasteiger partial charge on any atom is 0.411 e. The third kappa shape index (κ3) is 3.81. The van der Waals surface area contributed by atoms with E-state index in [9.17, 15) is 4.79 Å². The summed E-state index contributed by atoms with van der Waals surface area (Å²) in [5, 5.41) is 3.74. The number of hydrogen-bond acceptors (Lipinski definition) is 4. The lowest BCUT2D eigenvalue weighted by atomic mass is 10.1. The van der Waals surface area contributed by atoms with E-state index in [0.717, 1.165) is 16.5 Å². The van der Waals surface area contributed by atoms with Crippen LogP contribution < -0.4 is 10.1 Å². The van der Waals surface area contributed by atoms with Crippen LogP contribution in [0, 0.1) is 0 Å². The molecule has 3 rings (SSSR count). The van der Waals surface area contributed by atoms with Gasteiger partial charge in [0.1, 0.15) is 12.4 Å². The Hall–Kier alpha value is -3.08. The van der Waals surface area contributed by atoms with Crippen molar-refractivity contribution in [3.05, 3.63) is 66.4 Å². The highest BCUT2D eigenvalue weighted by Gasteiger charge is 2.05. The fourth-order valence-corrected chi connectivity index (χ4v) is 2.39. The van der Waals surface area contributed by atoms with Crippen molar-refractivity contribution in [3.8, 4) is 5.75 Å². The number of carbonyl (C=O) groups is 1. The fourth-order valence-electron chi connectivity index (χ4n) is 2.39. The molecule has 0 aliphatic carbocycles. The molecule has 1 heterocycles. The van der Waals surface area contributed by atoms with Gasteiger partial charge in [-0.25, -0.2) is 4.79 Å². The summed E-state index contributed by atoms with van der Waals surface area (Å²) < 4.78 is 10.7. The van der Waals surface area contributed by atoms with Gasteiger partial charge in [0, 0.05) is 28.9 Å². The van der Waals surface area contributed by atoms with Crippen molar-refractivity contribution in [3.63, 3.8) is 0 Å². The molecule has 0 bridgehead atoms. The number of benzene rings is 2. The quantitative estimate of drug-likeness (QED) is 0.757. The third-order valence-electron chi connectivity index (χ3n) is 3.47. The average molecular weight is 322 g/mol. The lowest BCUT2D eigenvalue weighted by Gasteiger charge is -2.10. The second-order valence-electron chi connectivity index (χ2n) is 5.15. The number of rotatable bonds is 5. The maximum absolute atomic E-state index is 11.5. The van der Waals surface area contributed by atoms with E-state index in [1.807, 2.05) is 42.5 Å². The van der Waals surface area contributed by atoms with Crippen LogP contribution in [0.1, 0.15) is 12.5 Å².